The van der Waals surface area contributed by atoms with Crippen LogP contribution in [0.1, 0.15) is 33.1 Å². The van der Waals surface area contributed by atoms with Gasteiger partial charge in [0.15, 0.2) is 5.11 Å². The van der Waals surface area contributed by atoms with Gasteiger partial charge in [0.25, 0.3) is 0 Å². The van der Waals surface area contributed by atoms with Crippen molar-refractivity contribution in [1.29, 1.82) is 0 Å². The van der Waals surface area contributed by atoms with Crippen LogP contribution >= 0.6 is 12.2 Å². The zero-order chi connectivity index (χ0) is 11.3. The van der Waals surface area contributed by atoms with E-state index in [0.29, 0.717) is 11.0 Å². The van der Waals surface area contributed by atoms with E-state index in [0.717, 1.165) is 25.8 Å². The first-order chi connectivity index (χ1) is 7.09. The monoisotopic (exact) mass is 229 g/mol. The largest absolute Gasteiger partial charge is 0.361 e. The van der Waals surface area contributed by atoms with Crippen LogP contribution in [-0.4, -0.2) is 17.6 Å². The maximum Gasteiger partial charge on any atom is 0.241 e. The van der Waals surface area contributed by atoms with Crippen LogP contribution in [-0.2, 0) is 4.79 Å². The normalized spacial score (nSPS) is 14.9. The number of thiocarbonyl (C=S) groups is 1. The first-order valence-electron chi connectivity index (χ1n) is 5.43. The predicted octanol–water partition coefficient (Wildman–Crippen LogP) is 0.938. The third kappa shape index (κ3) is 5.57. The van der Waals surface area contributed by atoms with Gasteiger partial charge < -0.3 is 5.32 Å². The minimum absolute atomic E-state index is 0.0445. The number of amides is 1. The Bertz CT molecular complexity index is 239. The maximum atomic E-state index is 11.2. The lowest BCUT2D eigenvalue weighted by Gasteiger charge is -2.12. The first kappa shape index (κ1) is 12.2. The number of hydrogen-bond acceptors (Lipinski definition) is 2. The van der Waals surface area contributed by atoms with Crippen molar-refractivity contribution in [3.63, 3.8) is 0 Å². The van der Waals surface area contributed by atoms with Crippen LogP contribution in [0.2, 0.25) is 0 Å². The second-order valence-electron chi connectivity index (χ2n) is 4.33. The molecule has 0 bridgehead atoms. The summed E-state index contributed by atoms with van der Waals surface area (Å²) in [4.78, 5) is 11.2. The van der Waals surface area contributed by atoms with E-state index in [1.807, 2.05) is 0 Å². The molecular weight excluding hydrogens is 210 g/mol. The summed E-state index contributed by atoms with van der Waals surface area (Å²) in [5.41, 5.74) is 5.29. The van der Waals surface area contributed by atoms with E-state index >= 15 is 0 Å². The standard InChI is InChI=1S/C10H19N3OS/c1-7(2)5-6-11-10(15)13-12-9(14)8-3-4-8/h7-8H,3-6H2,1-2H3,(H,12,14)(H2,11,13,15). The third-order valence-corrected chi connectivity index (χ3v) is 2.50. The van der Waals surface area contributed by atoms with Crippen LogP contribution in [0.5, 0.6) is 0 Å². The van der Waals surface area contributed by atoms with Crippen molar-refractivity contribution in [1.82, 2.24) is 16.2 Å². The van der Waals surface area contributed by atoms with Gasteiger partial charge >= 0.3 is 0 Å². The Morgan fingerprint density at radius 1 is 1.40 bits per heavy atom. The summed E-state index contributed by atoms with van der Waals surface area (Å²) in [6.07, 6.45) is 3.07. The molecule has 0 heterocycles. The highest BCUT2D eigenvalue weighted by Crippen LogP contribution is 2.28. The molecule has 0 atom stereocenters. The Labute approximate surface area is 96.2 Å². The Kier molecular flexibility index (Phi) is 4.81. The Morgan fingerprint density at radius 3 is 2.60 bits per heavy atom. The van der Waals surface area contributed by atoms with E-state index in [-0.39, 0.29) is 11.8 Å². The fourth-order valence-corrected chi connectivity index (χ4v) is 1.24. The lowest BCUT2D eigenvalue weighted by molar-refractivity contribution is -0.122. The van der Waals surface area contributed by atoms with Gasteiger partial charge in [0.2, 0.25) is 5.91 Å². The SMILES string of the molecule is CC(C)CCNC(=S)NNC(=O)C1CC1. The van der Waals surface area contributed by atoms with Crippen molar-refractivity contribution in [2.24, 2.45) is 11.8 Å². The molecule has 3 N–H and O–H groups in total. The number of carbonyl (C=O) groups excluding carboxylic acids is 1. The van der Waals surface area contributed by atoms with Crippen LogP contribution in [0.3, 0.4) is 0 Å². The molecule has 1 aliphatic rings. The molecular formula is C10H19N3OS. The number of carbonyl (C=O) groups is 1. The van der Waals surface area contributed by atoms with Gasteiger partial charge in [-0.25, -0.2) is 0 Å². The number of nitrogens with one attached hydrogen (secondary N) is 3. The summed E-state index contributed by atoms with van der Waals surface area (Å²) >= 11 is 4.99. The summed E-state index contributed by atoms with van der Waals surface area (Å²) in [6, 6.07) is 0. The zero-order valence-corrected chi connectivity index (χ0v) is 10.1. The zero-order valence-electron chi connectivity index (χ0n) is 9.30. The molecule has 1 rings (SSSR count). The van der Waals surface area contributed by atoms with E-state index in [1.54, 1.807) is 0 Å². The van der Waals surface area contributed by atoms with Gasteiger partial charge in [0.1, 0.15) is 0 Å². The smallest absolute Gasteiger partial charge is 0.241 e. The topological polar surface area (TPSA) is 53.2 Å². The molecule has 1 aliphatic carbocycles. The molecule has 0 aromatic rings. The molecule has 0 spiro atoms. The quantitative estimate of drug-likeness (QED) is 0.496. The summed E-state index contributed by atoms with van der Waals surface area (Å²) in [6.45, 7) is 5.16. The second-order valence-corrected chi connectivity index (χ2v) is 4.74. The van der Waals surface area contributed by atoms with Crippen molar-refractivity contribution >= 4 is 23.2 Å². The van der Waals surface area contributed by atoms with Gasteiger partial charge in [0, 0.05) is 12.5 Å². The molecule has 86 valence electrons. The van der Waals surface area contributed by atoms with Gasteiger partial charge in [-0.2, -0.15) is 0 Å². The van der Waals surface area contributed by atoms with Crippen LogP contribution in [0.15, 0.2) is 0 Å². The summed E-state index contributed by atoms with van der Waals surface area (Å²) < 4.78 is 0. The maximum absolute atomic E-state index is 11.2. The summed E-state index contributed by atoms with van der Waals surface area (Å²) in [5, 5.41) is 3.52. The highest BCUT2D eigenvalue weighted by atomic mass is 32.1. The molecule has 5 heteroatoms. The Morgan fingerprint density at radius 2 is 2.07 bits per heavy atom. The molecule has 0 aliphatic heterocycles. The summed E-state index contributed by atoms with van der Waals surface area (Å²) in [7, 11) is 0. The molecule has 1 saturated carbocycles. The van der Waals surface area contributed by atoms with Crippen LogP contribution in [0.4, 0.5) is 0 Å². The summed E-state index contributed by atoms with van der Waals surface area (Å²) in [5.74, 6) is 0.903. The molecule has 4 nitrogen and oxygen atoms in total. The van der Waals surface area contributed by atoms with Crippen LogP contribution < -0.4 is 16.2 Å². The third-order valence-electron chi connectivity index (χ3n) is 2.25. The van der Waals surface area contributed by atoms with E-state index in [9.17, 15) is 4.79 Å². The van der Waals surface area contributed by atoms with Gasteiger partial charge in [-0.05, 0) is 37.4 Å². The molecule has 0 aromatic carbocycles. The van der Waals surface area contributed by atoms with Crippen molar-refractivity contribution in [3.05, 3.63) is 0 Å². The van der Waals surface area contributed by atoms with E-state index < -0.39 is 0 Å². The molecule has 0 radical (unpaired) electrons. The fourth-order valence-electron chi connectivity index (χ4n) is 1.08. The molecule has 0 saturated heterocycles. The van der Waals surface area contributed by atoms with E-state index in [2.05, 4.69) is 30.0 Å². The van der Waals surface area contributed by atoms with Gasteiger partial charge in [-0.3, -0.25) is 15.6 Å². The highest BCUT2D eigenvalue weighted by Gasteiger charge is 2.29. The van der Waals surface area contributed by atoms with E-state index in [1.165, 1.54) is 0 Å². The minimum atomic E-state index is 0.0445. The number of hydrogen-bond donors (Lipinski definition) is 3. The Hall–Kier alpha value is -0.840. The van der Waals surface area contributed by atoms with Crippen LogP contribution in [0.25, 0.3) is 0 Å². The second kappa shape index (κ2) is 5.90. The van der Waals surface area contributed by atoms with E-state index in [4.69, 9.17) is 12.2 Å². The average molecular weight is 229 g/mol. The molecule has 1 amide bonds. The van der Waals surface area contributed by atoms with Crippen LogP contribution in [0, 0.1) is 11.8 Å². The van der Waals surface area contributed by atoms with Gasteiger partial charge in [0.05, 0.1) is 0 Å². The Balaban J connectivity index is 2.00. The number of hydrazine groups is 1. The fraction of sp³-hybridized carbons (Fsp3) is 0.800. The van der Waals surface area contributed by atoms with Gasteiger partial charge in [-0.1, -0.05) is 13.8 Å². The van der Waals surface area contributed by atoms with Crippen molar-refractivity contribution in [3.8, 4) is 0 Å². The molecule has 15 heavy (non-hydrogen) atoms. The number of rotatable bonds is 4. The molecule has 0 unspecified atom stereocenters. The lowest BCUT2D eigenvalue weighted by Crippen LogP contribution is -2.47. The highest BCUT2D eigenvalue weighted by molar-refractivity contribution is 7.80. The van der Waals surface area contributed by atoms with Crippen molar-refractivity contribution in [2.45, 2.75) is 33.1 Å². The minimum Gasteiger partial charge on any atom is -0.361 e. The van der Waals surface area contributed by atoms with Crippen molar-refractivity contribution in [2.75, 3.05) is 6.54 Å². The van der Waals surface area contributed by atoms with Gasteiger partial charge in [-0.15, -0.1) is 0 Å². The van der Waals surface area contributed by atoms with Crippen molar-refractivity contribution < 1.29 is 4.79 Å². The molecule has 1 fully saturated rings. The molecule has 0 aromatic heterocycles. The lowest BCUT2D eigenvalue weighted by atomic mass is 10.1. The predicted molar refractivity (Wildman–Crippen MR) is 64.1 cm³/mol. The average Bonchev–Trinajstić information content (AvgIpc) is 2.96. The first-order valence-corrected chi connectivity index (χ1v) is 5.84.